The van der Waals surface area contributed by atoms with Crippen LogP contribution < -0.4 is 10.1 Å². The molecule has 2 heterocycles. The maximum atomic E-state index is 6.30. The van der Waals surface area contributed by atoms with E-state index in [1.165, 1.54) is 0 Å². The predicted octanol–water partition coefficient (Wildman–Crippen LogP) is 4.08. The number of fused-ring (bicyclic) bond motifs is 1. The van der Waals surface area contributed by atoms with E-state index in [-0.39, 0.29) is 12.1 Å². The molecule has 1 aliphatic rings. The van der Waals surface area contributed by atoms with Crippen LogP contribution in [0, 0.1) is 0 Å². The van der Waals surface area contributed by atoms with E-state index in [2.05, 4.69) is 17.3 Å². The van der Waals surface area contributed by atoms with Gasteiger partial charge in [0.2, 0.25) is 0 Å². The van der Waals surface area contributed by atoms with E-state index in [9.17, 15) is 0 Å². The van der Waals surface area contributed by atoms with Gasteiger partial charge in [0.25, 0.3) is 0 Å². The highest BCUT2D eigenvalue weighted by Crippen LogP contribution is 2.41. The van der Waals surface area contributed by atoms with Gasteiger partial charge < -0.3 is 10.1 Å². The molecule has 2 atom stereocenters. The molecule has 1 aromatic heterocycles. The number of hydrogen-bond acceptors (Lipinski definition) is 3. The smallest absolute Gasteiger partial charge is 0.144 e. The Morgan fingerprint density at radius 2 is 2.32 bits per heavy atom. The fourth-order valence-electron chi connectivity index (χ4n) is 2.84. The summed E-state index contributed by atoms with van der Waals surface area (Å²) >= 11 is 12.4. The van der Waals surface area contributed by atoms with Gasteiger partial charge in [-0.25, -0.2) is 0 Å². The summed E-state index contributed by atoms with van der Waals surface area (Å²) < 4.78 is 7.73. The highest BCUT2D eigenvalue weighted by Gasteiger charge is 2.24. The summed E-state index contributed by atoms with van der Waals surface area (Å²) in [6.45, 7) is 3.64. The Labute approximate surface area is 140 Å². The number of halogens is 2. The number of nitrogens with zero attached hydrogens (tertiary/aromatic N) is 2. The van der Waals surface area contributed by atoms with Crippen LogP contribution in [0.15, 0.2) is 30.6 Å². The van der Waals surface area contributed by atoms with E-state index in [1.807, 2.05) is 29.1 Å². The van der Waals surface area contributed by atoms with Crippen LogP contribution in [-0.2, 0) is 6.54 Å². The SMILES string of the molecule is C[C@H](Cn1cccn1)N[C@@H]1CCCOc2c1ccc(Cl)c2Cl. The average Bonchev–Trinajstić information content (AvgIpc) is 2.91. The molecule has 3 rings (SSSR count). The summed E-state index contributed by atoms with van der Waals surface area (Å²) in [5.74, 6) is 0.718. The lowest BCUT2D eigenvalue weighted by Crippen LogP contribution is -2.34. The molecule has 4 nitrogen and oxygen atoms in total. The molecule has 22 heavy (non-hydrogen) atoms. The number of benzene rings is 1. The summed E-state index contributed by atoms with van der Waals surface area (Å²) in [5.41, 5.74) is 1.08. The fourth-order valence-corrected chi connectivity index (χ4v) is 3.22. The van der Waals surface area contributed by atoms with Crippen molar-refractivity contribution in [1.29, 1.82) is 0 Å². The Hall–Kier alpha value is -1.23. The summed E-state index contributed by atoms with van der Waals surface area (Å²) in [5, 5.41) is 8.95. The second-order valence-corrected chi connectivity index (χ2v) is 6.40. The van der Waals surface area contributed by atoms with Crippen LogP contribution in [0.3, 0.4) is 0 Å². The van der Waals surface area contributed by atoms with Crippen molar-refractivity contribution in [2.45, 2.75) is 38.4 Å². The molecule has 0 fully saturated rings. The first-order valence-electron chi connectivity index (χ1n) is 7.49. The van der Waals surface area contributed by atoms with Crippen molar-refractivity contribution in [2.24, 2.45) is 0 Å². The molecule has 1 N–H and O–H groups in total. The van der Waals surface area contributed by atoms with E-state index >= 15 is 0 Å². The minimum absolute atomic E-state index is 0.206. The first-order chi connectivity index (χ1) is 10.6. The summed E-state index contributed by atoms with van der Waals surface area (Å²) in [7, 11) is 0. The number of nitrogens with one attached hydrogen (secondary N) is 1. The topological polar surface area (TPSA) is 39.1 Å². The molecule has 0 amide bonds. The van der Waals surface area contributed by atoms with Gasteiger partial charge in [-0.05, 0) is 31.9 Å². The summed E-state index contributed by atoms with van der Waals surface area (Å²) in [4.78, 5) is 0. The van der Waals surface area contributed by atoms with Crippen LogP contribution in [0.5, 0.6) is 5.75 Å². The predicted molar refractivity (Wildman–Crippen MR) is 88.8 cm³/mol. The molecule has 6 heteroatoms. The minimum atomic E-state index is 0.206. The molecule has 118 valence electrons. The normalized spacial score (nSPS) is 19.1. The molecule has 0 bridgehead atoms. The molecule has 0 radical (unpaired) electrons. The first kappa shape index (κ1) is 15.7. The van der Waals surface area contributed by atoms with Gasteiger partial charge in [-0.3, -0.25) is 4.68 Å². The zero-order chi connectivity index (χ0) is 15.5. The lowest BCUT2D eigenvalue weighted by atomic mass is 10.0. The first-order valence-corrected chi connectivity index (χ1v) is 8.25. The van der Waals surface area contributed by atoms with Gasteiger partial charge in [0.1, 0.15) is 10.8 Å². The quantitative estimate of drug-likeness (QED) is 0.911. The fraction of sp³-hybridized carbons (Fsp3) is 0.438. The standard InChI is InChI=1S/C16H19Cl2N3O/c1-11(10-21-8-3-7-19-21)20-14-4-2-9-22-16-12(14)5-6-13(17)15(16)18/h3,5-8,11,14,20H,2,4,9-10H2,1H3/t11-,14-/m1/s1. The zero-order valence-electron chi connectivity index (χ0n) is 12.4. The van der Waals surface area contributed by atoms with E-state index in [0.717, 1.165) is 30.7 Å². The van der Waals surface area contributed by atoms with Gasteiger partial charge in [-0.1, -0.05) is 29.3 Å². The van der Waals surface area contributed by atoms with Crippen LogP contribution in [0.2, 0.25) is 10.0 Å². The maximum absolute atomic E-state index is 6.30. The molecule has 0 saturated heterocycles. The van der Waals surface area contributed by atoms with Crippen molar-refractivity contribution in [3.05, 3.63) is 46.2 Å². The highest BCUT2D eigenvalue weighted by molar-refractivity contribution is 6.43. The largest absolute Gasteiger partial charge is 0.492 e. The van der Waals surface area contributed by atoms with Crippen molar-refractivity contribution in [3.8, 4) is 5.75 Å². The average molecular weight is 340 g/mol. The molecule has 0 saturated carbocycles. The van der Waals surface area contributed by atoms with E-state index in [1.54, 1.807) is 6.20 Å². The second-order valence-electron chi connectivity index (χ2n) is 5.62. The van der Waals surface area contributed by atoms with Crippen LogP contribution in [-0.4, -0.2) is 22.4 Å². The highest BCUT2D eigenvalue weighted by atomic mass is 35.5. The molecule has 1 aliphatic heterocycles. The number of aromatic nitrogens is 2. The van der Waals surface area contributed by atoms with Crippen LogP contribution in [0.25, 0.3) is 0 Å². The van der Waals surface area contributed by atoms with Gasteiger partial charge in [0.05, 0.1) is 18.2 Å². The molecular weight excluding hydrogens is 321 g/mol. The van der Waals surface area contributed by atoms with Crippen molar-refractivity contribution < 1.29 is 4.74 Å². The summed E-state index contributed by atoms with van der Waals surface area (Å²) in [6, 6.07) is 6.27. The Kier molecular flexibility index (Phi) is 4.91. The van der Waals surface area contributed by atoms with Gasteiger partial charge in [0.15, 0.2) is 0 Å². The Morgan fingerprint density at radius 1 is 1.45 bits per heavy atom. The molecule has 1 aromatic carbocycles. The lowest BCUT2D eigenvalue weighted by molar-refractivity contribution is 0.313. The van der Waals surface area contributed by atoms with E-state index < -0.39 is 0 Å². The molecule has 2 aromatic rings. The molecule has 0 aliphatic carbocycles. The number of rotatable bonds is 4. The Balaban J connectivity index is 1.78. The van der Waals surface area contributed by atoms with E-state index in [0.29, 0.717) is 16.7 Å². The number of hydrogen-bond donors (Lipinski definition) is 1. The second kappa shape index (κ2) is 6.90. The van der Waals surface area contributed by atoms with Gasteiger partial charge in [-0.15, -0.1) is 0 Å². The molecular formula is C16H19Cl2N3O. The maximum Gasteiger partial charge on any atom is 0.144 e. The van der Waals surface area contributed by atoms with Crippen molar-refractivity contribution in [2.75, 3.05) is 6.61 Å². The van der Waals surface area contributed by atoms with Gasteiger partial charge in [0, 0.05) is 30.0 Å². The van der Waals surface area contributed by atoms with Gasteiger partial charge in [-0.2, -0.15) is 5.10 Å². The van der Waals surface area contributed by atoms with Crippen molar-refractivity contribution >= 4 is 23.2 Å². The Morgan fingerprint density at radius 3 is 3.09 bits per heavy atom. The zero-order valence-corrected chi connectivity index (χ0v) is 13.9. The van der Waals surface area contributed by atoms with Crippen molar-refractivity contribution in [1.82, 2.24) is 15.1 Å². The monoisotopic (exact) mass is 339 g/mol. The van der Waals surface area contributed by atoms with Crippen LogP contribution in [0.4, 0.5) is 0 Å². The summed E-state index contributed by atoms with van der Waals surface area (Å²) in [6.07, 6.45) is 5.76. The molecule has 0 unspecified atom stereocenters. The third-order valence-electron chi connectivity index (χ3n) is 3.85. The van der Waals surface area contributed by atoms with Gasteiger partial charge >= 0.3 is 0 Å². The van der Waals surface area contributed by atoms with E-state index in [4.69, 9.17) is 27.9 Å². The lowest BCUT2D eigenvalue weighted by Gasteiger charge is -2.23. The van der Waals surface area contributed by atoms with Crippen LogP contribution in [0.1, 0.15) is 31.4 Å². The third kappa shape index (κ3) is 3.40. The molecule has 0 spiro atoms. The van der Waals surface area contributed by atoms with Crippen LogP contribution >= 0.6 is 23.2 Å². The number of ether oxygens (including phenoxy) is 1. The Bertz CT molecular complexity index is 631. The minimum Gasteiger partial charge on any atom is -0.492 e. The third-order valence-corrected chi connectivity index (χ3v) is 4.63. The van der Waals surface area contributed by atoms with Crippen molar-refractivity contribution in [3.63, 3.8) is 0 Å².